The fourth-order valence-electron chi connectivity index (χ4n) is 4.10. The average Bonchev–Trinajstić information content (AvgIpc) is 2.89. The molecular weight excluding hydrogens is 488 g/mol. The summed E-state index contributed by atoms with van der Waals surface area (Å²) in [5.74, 6) is -0.683. The van der Waals surface area contributed by atoms with Gasteiger partial charge >= 0.3 is 6.03 Å². The Morgan fingerprint density at radius 1 is 0.972 bits per heavy atom. The molecular formula is C27H28ClF2N3O3. The Morgan fingerprint density at radius 3 is 2.31 bits per heavy atom. The van der Waals surface area contributed by atoms with Gasteiger partial charge in [-0.3, -0.25) is 4.90 Å². The number of hydrogen-bond acceptors (Lipinski definition) is 4. The molecule has 1 saturated heterocycles. The number of anilines is 1. The Bertz CT molecular complexity index is 1150. The minimum Gasteiger partial charge on any atom is -0.495 e. The molecule has 190 valence electrons. The number of urea groups is 1. The van der Waals surface area contributed by atoms with Crippen LogP contribution in [0, 0.1) is 11.6 Å². The van der Waals surface area contributed by atoms with Crippen LogP contribution in [0.1, 0.15) is 17.2 Å². The highest BCUT2D eigenvalue weighted by molar-refractivity contribution is 6.30. The molecule has 1 atom stereocenters. The van der Waals surface area contributed by atoms with E-state index in [9.17, 15) is 13.6 Å². The van der Waals surface area contributed by atoms with E-state index in [4.69, 9.17) is 21.1 Å². The molecule has 0 aliphatic carbocycles. The predicted octanol–water partition coefficient (Wildman–Crippen LogP) is 5.73. The van der Waals surface area contributed by atoms with Crippen molar-refractivity contribution < 1.29 is 23.0 Å². The first-order valence-corrected chi connectivity index (χ1v) is 12.0. The number of piperazine rings is 1. The summed E-state index contributed by atoms with van der Waals surface area (Å²) in [6.45, 7) is 2.60. The number of ether oxygens (including phenoxy) is 2. The van der Waals surface area contributed by atoms with Gasteiger partial charge in [-0.2, -0.15) is 0 Å². The summed E-state index contributed by atoms with van der Waals surface area (Å²) in [6, 6.07) is 18.0. The summed E-state index contributed by atoms with van der Waals surface area (Å²) in [7, 11) is 1.56. The zero-order chi connectivity index (χ0) is 25.5. The lowest BCUT2D eigenvalue weighted by Crippen LogP contribution is -2.50. The third-order valence-electron chi connectivity index (χ3n) is 6.16. The van der Waals surface area contributed by atoms with Gasteiger partial charge in [0.1, 0.15) is 17.4 Å². The molecule has 0 radical (unpaired) electrons. The van der Waals surface area contributed by atoms with E-state index >= 15 is 0 Å². The standard InChI is InChI=1S/C27H28ClF2N3O3/c1-35-25-8-3-2-7-24(25)31-27(34)33-15-13-32(14-16-33)17-26(19-9-11-20(28)12-10-19)36-18-21-22(29)5-4-6-23(21)30/h2-12,26H,13-18H2,1H3,(H,31,34)/t26-/m1/s1. The minimum absolute atomic E-state index is 0.103. The quantitative estimate of drug-likeness (QED) is 0.416. The lowest BCUT2D eigenvalue weighted by atomic mass is 10.1. The molecule has 1 heterocycles. The molecule has 4 rings (SSSR count). The van der Waals surface area contributed by atoms with Crippen LogP contribution in [0.4, 0.5) is 19.3 Å². The molecule has 0 spiro atoms. The first-order valence-electron chi connectivity index (χ1n) is 11.7. The summed E-state index contributed by atoms with van der Waals surface area (Å²) in [4.78, 5) is 16.7. The lowest BCUT2D eigenvalue weighted by Gasteiger charge is -2.36. The molecule has 0 unspecified atom stereocenters. The minimum atomic E-state index is -0.639. The van der Waals surface area contributed by atoms with Crippen LogP contribution >= 0.6 is 11.6 Å². The highest BCUT2D eigenvalue weighted by Crippen LogP contribution is 2.26. The zero-order valence-electron chi connectivity index (χ0n) is 19.9. The topological polar surface area (TPSA) is 54.0 Å². The molecule has 1 N–H and O–H groups in total. The normalized spacial score (nSPS) is 14.9. The van der Waals surface area contributed by atoms with Crippen LogP contribution in [0.2, 0.25) is 5.02 Å². The molecule has 1 aliphatic heterocycles. The van der Waals surface area contributed by atoms with Crippen molar-refractivity contribution in [1.29, 1.82) is 0 Å². The van der Waals surface area contributed by atoms with Gasteiger partial charge < -0.3 is 19.7 Å². The van der Waals surface area contributed by atoms with Gasteiger partial charge in [0, 0.05) is 43.3 Å². The molecule has 0 bridgehead atoms. The van der Waals surface area contributed by atoms with Crippen molar-refractivity contribution in [2.75, 3.05) is 45.2 Å². The second-order valence-electron chi connectivity index (χ2n) is 8.47. The monoisotopic (exact) mass is 515 g/mol. The van der Waals surface area contributed by atoms with Crippen LogP contribution < -0.4 is 10.1 Å². The van der Waals surface area contributed by atoms with Gasteiger partial charge in [0.2, 0.25) is 0 Å². The van der Waals surface area contributed by atoms with E-state index in [2.05, 4.69) is 10.2 Å². The zero-order valence-corrected chi connectivity index (χ0v) is 20.7. The van der Waals surface area contributed by atoms with Gasteiger partial charge in [-0.05, 0) is 42.0 Å². The van der Waals surface area contributed by atoms with E-state index in [1.807, 2.05) is 24.3 Å². The molecule has 1 aliphatic rings. The number of nitrogens with zero attached hydrogens (tertiary/aromatic N) is 2. The van der Waals surface area contributed by atoms with Crippen LogP contribution in [0.3, 0.4) is 0 Å². The molecule has 6 nitrogen and oxygen atoms in total. The van der Waals surface area contributed by atoms with Gasteiger partial charge in [-0.25, -0.2) is 13.6 Å². The van der Waals surface area contributed by atoms with Crippen LogP contribution in [0.15, 0.2) is 66.7 Å². The SMILES string of the molecule is COc1ccccc1NC(=O)N1CCN(C[C@@H](OCc2c(F)cccc2F)c2ccc(Cl)cc2)CC1. The highest BCUT2D eigenvalue weighted by atomic mass is 35.5. The maximum atomic E-state index is 14.1. The van der Waals surface area contributed by atoms with Crippen molar-refractivity contribution >= 4 is 23.3 Å². The van der Waals surface area contributed by atoms with Gasteiger partial charge in [-0.15, -0.1) is 0 Å². The van der Waals surface area contributed by atoms with Crippen molar-refractivity contribution in [3.63, 3.8) is 0 Å². The highest BCUT2D eigenvalue weighted by Gasteiger charge is 2.25. The molecule has 3 aromatic carbocycles. The molecule has 0 aromatic heterocycles. The van der Waals surface area contributed by atoms with Crippen LogP contribution in [0.5, 0.6) is 5.75 Å². The van der Waals surface area contributed by atoms with Gasteiger partial charge in [-0.1, -0.05) is 41.9 Å². The van der Waals surface area contributed by atoms with E-state index in [0.717, 1.165) is 5.56 Å². The number of halogens is 3. The number of amides is 2. The average molecular weight is 516 g/mol. The van der Waals surface area contributed by atoms with Gasteiger partial charge in [0.15, 0.2) is 0 Å². The van der Waals surface area contributed by atoms with E-state index in [1.165, 1.54) is 18.2 Å². The van der Waals surface area contributed by atoms with Crippen LogP contribution in [-0.2, 0) is 11.3 Å². The second kappa shape index (κ2) is 12.2. The van der Waals surface area contributed by atoms with Crippen LogP contribution in [-0.4, -0.2) is 55.7 Å². The number of nitrogens with one attached hydrogen (secondary N) is 1. The molecule has 0 saturated carbocycles. The number of benzene rings is 3. The van der Waals surface area contributed by atoms with Crippen molar-refractivity contribution in [1.82, 2.24) is 9.80 Å². The summed E-state index contributed by atoms with van der Waals surface area (Å²) in [6.07, 6.45) is -0.435. The first kappa shape index (κ1) is 25.9. The molecule has 36 heavy (non-hydrogen) atoms. The van der Waals surface area contributed by atoms with E-state index in [1.54, 1.807) is 36.3 Å². The van der Waals surface area contributed by atoms with Gasteiger partial charge in [0.25, 0.3) is 0 Å². The van der Waals surface area contributed by atoms with Crippen molar-refractivity contribution in [2.24, 2.45) is 0 Å². The molecule has 2 amide bonds. The third-order valence-corrected chi connectivity index (χ3v) is 6.42. The van der Waals surface area contributed by atoms with Crippen molar-refractivity contribution in [2.45, 2.75) is 12.7 Å². The van der Waals surface area contributed by atoms with E-state index in [-0.39, 0.29) is 18.2 Å². The Hall–Kier alpha value is -3.20. The Balaban J connectivity index is 1.38. The fourth-order valence-corrected chi connectivity index (χ4v) is 4.22. The number of para-hydroxylation sites is 2. The third kappa shape index (κ3) is 6.51. The number of methoxy groups -OCH3 is 1. The second-order valence-corrected chi connectivity index (χ2v) is 8.91. The lowest BCUT2D eigenvalue weighted by molar-refractivity contribution is 0.00376. The van der Waals surface area contributed by atoms with Crippen molar-refractivity contribution in [3.05, 3.63) is 94.5 Å². The van der Waals surface area contributed by atoms with Crippen molar-refractivity contribution in [3.8, 4) is 5.75 Å². The van der Waals surface area contributed by atoms with Crippen LogP contribution in [0.25, 0.3) is 0 Å². The maximum absolute atomic E-state index is 14.1. The molecule has 1 fully saturated rings. The number of carbonyl (C=O) groups is 1. The maximum Gasteiger partial charge on any atom is 0.322 e. The number of rotatable bonds is 8. The summed E-state index contributed by atoms with van der Waals surface area (Å²) >= 11 is 6.04. The fraction of sp³-hybridized carbons (Fsp3) is 0.296. The Kier molecular flexibility index (Phi) is 8.74. The molecule has 3 aromatic rings. The largest absolute Gasteiger partial charge is 0.495 e. The first-order chi connectivity index (χ1) is 17.4. The smallest absolute Gasteiger partial charge is 0.322 e. The summed E-state index contributed by atoms with van der Waals surface area (Å²) in [5.41, 5.74) is 1.37. The number of hydrogen-bond donors (Lipinski definition) is 1. The number of carbonyl (C=O) groups excluding carboxylic acids is 1. The van der Waals surface area contributed by atoms with E-state index in [0.29, 0.717) is 49.2 Å². The predicted molar refractivity (Wildman–Crippen MR) is 135 cm³/mol. The summed E-state index contributed by atoms with van der Waals surface area (Å²) in [5, 5.41) is 3.49. The Labute approximate surface area is 214 Å². The van der Waals surface area contributed by atoms with Gasteiger partial charge in [0.05, 0.1) is 25.5 Å². The summed E-state index contributed by atoms with van der Waals surface area (Å²) < 4.78 is 39.6. The van der Waals surface area contributed by atoms with E-state index < -0.39 is 17.7 Å². The molecule has 9 heteroatoms. The Morgan fingerprint density at radius 2 is 1.64 bits per heavy atom.